The zero-order valence-electron chi connectivity index (χ0n) is 10.7. The third-order valence-corrected chi connectivity index (χ3v) is 2.79. The summed E-state index contributed by atoms with van der Waals surface area (Å²) in [7, 11) is 0. The van der Waals surface area contributed by atoms with E-state index in [1.807, 2.05) is 0 Å². The van der Waals surface area contributed by atoms with Gasteiger partial charge in [0.2, 0.25) is 0 Å². The minimum Gasteiger partial charge on any atom is -0.198 e. The molecule has 1 aromatic carbocycles. The van der Waals surface area contributed by atoms with Gasteiger partial charge in [0.1, 0.15) is 0 Å². The van der Waals surface area contributed by atoms with Crippen molar-refractivity contribution in [3.63, 3.8) is 0 Å². The van der Waals surface area contributed by atoms with Crippen LogP contribution in [-0.2, 0) is 6.42 Å². The Hall–Kier alpha value is -1.29. The van der Waals surface area contributed by atoms with Gasteiger partial charge in [0.05, 0.1) is 12.0 Å². The van der Waals surface area contributed by atoms with Crippen molar-refractivity contribution in [3.8, 4) is 6.07 Å². The van der Waals surface area contributed by atoms with Gasteiger partial charge in [0.15, 0.2) is 0 Å². The van der Waals surface area contributed by atoms with Gasteiger partial charge in [-0.2, -0.15) is 5.26 Å². The maximum atomic E-state index is 9.11. The summed E-state index contributed by atoms with van der Waals surface area (Å²) in [4.78, 5) is 0. The van der Waals surface area contributed by atoms with Crippen LogP contribution in [0.4, 0.5) is 0 Å². The smallest absolute Gasteiger partial charge is 0.0735 e. The molecule has 0 fully saturated rings. The lowest BCUT2D eigenvalue weighted by Gasteiger charge is -2.14. The molecule has 1 atom stereocenters. The first-order valence-corrected chi connectivity index (χ1v) is 6.03. The fourth-order valence-corrected chi connectivity index (χ4v) is 1.94. The molecule has 0 aliphatic rings. The highest BCUT2D eigenvalue weighted by Crippen LogP contribution is 2.24. The zero-order chi connectivity index (χ0) is 12.1. The van der Waals surface area contributed by atoms with Crippen molar-refractivity contribution in [2.24, 2.45) is 11.8 Å². The molecule has 1 rings (SSSR count). The molecule has 0 spiro atoms. The predicted octanol–water partition coefficient (Wildman–Crippen LogP) is 4.15. The normalized spacial score (nSPS) is 12.8. The fourth-order valence-electron chi connectivity index (χ4n) is 1.94. The van der Waals surface area contributed by atoms with Crippen molar-refractivity contribution in [1.82, 2.24) is 0 Å². The van der Waals surface area contributed by atoms with Gasteiger partial charge in [-0.25, -0.2) is 0 Å². The average molecular weight is 215 g/mol. The molecule has 0 amide bonds. The van der Waals surface area contributed by atoms with Gasteiger partial charge in [-0.15, -0.1) is 0 Å². The van der Waals surface area contributed by atoms with E-state index in [-0.39, 0.29) is 5.92 Å². The van der Waals surface area contributed by atoms with Crippen LogP contribution >= 0.6 is 0 Å². The lowest BCUT2D eigenvalue weighted by molar-refractivity contribution is 0.586. The van der Waals surface area contributed by atoms with E-state index in [1.54, 1.807) is 0 Å². The van der Waals surface area contributed by atoms with Crippen molar-refractivity contribution in [2.75, 3.05) is 0 Å². The SMILES string of the molecule is CC(C)Cc1ccc(C(C#N)C(C)C)cc1. The number of hydrogen-bond acceptors (Lipinski definition) is 1. The Kier molecular flexibility index (Phi) is 4.55. The Morgan fingerprint density at radius 2 is 1.62 bits per heavy atom. The van der Waals surface area contributed by atoms with E-state index in [2.05, 4.69) is 58.0 Å². The first-order chi connectivity index (χ1) is 7.54. The van der Waals surface area contributed by atoms with Gasteiger partial charge in [-0.05, 0) is 29.4 Å². The first-order valence-electron chi connectivity index (χ1n) is 6.03. The second-order valence-corrected chi connectivity index (χ2v) is 5.19. The summed E-state index contributed by atoms with van der Waals surface area (Å²) in [6, 6.07) is 10.9. The second-order valence-electron chi connectivity index (χ2n) is 5.19. The predicted molar refractivity (Wildman–Crippen MR) is 68.2 cm³/mol. The Morgan fingerprint density at radius 1 is 1.06 bits per heavy atom. The number of nitrogens with zero attached hydrogens (tertiary/aromatic N) is 1. The average Bonchev–Trinajstić information content (AvgIpc) is 2.20. The van der Waals surface area contributed by atoms with Crippen LogP contribution in [0.2, 0.25) is 0 Å². The minimum absolute atomic E-state index is 0.0214. The van der Waals surface area contributed by atoms with Gasteiger partial charge < -0.3 is 0 Å². The number of rotatable bonds is 4. The minimum atomic E-state index is 0.0214. The fraction of sp³-hybridized carbons (Fsp3) is 0.533. The number of nitriles is 1. The summed E-state index contributed by atoms with van der Waals surface area (Å²) in [5, 5.41) is 9.11. The van der Waals surface area contributed by atoms with E-state index >= 15 is 0 Å². The molecule has 0 aromatic heterocycles. The maximum Gasteiger partial charge on any atom is 0.0735 e. The van der Waals surface area contributed by atoms with Crippen LogP contribution < -0.4 is 0 Å². The monoisotopic (exact) mass is 215 g/mol. The quantitative estimate of drug-likeness (QED) is 0.740. The van der Waals surface area contributed by atoms with Crippen LogP contribution in [0.3, 0.4) is 0 Å². The second kappa shape index (κ2) is 5.70. The first kappa shape index (κ1) is 12.8. The molecule has 1 heteroatoms. The molecule has 0 N–H and O–H groups in total. The van der Waals surface area contributed by atoms with Gasteiger partial charge in [0, 0.05) is 0 Å². The summed E-state index contributed by atoms with van der Waals surface area (Å²) in [6.07, 6.45) is 1.11. The summed E-state index contributed by atoms with van der Waals surface area (Å²) >= 11 is 0. The van der Waals surface area contributed by atoms with Crippen LogP contribution in [0.25, 0.3) is 0 Å². The van der Waals surface area contributed by atoms with Gasteiger partial charge in [0.25, 0.3) is 0 Å². The molecule has 1 unspecified atom stereocenters. The maximum absolute atomic E-state index is 9.11. The lowest BCUT2D eigenvalue weighted by Crippen LogP contribution is -2.04. The third-order valence-electron chi connectivity index (χ3n) is 2.79. The lowest BCUT2D eigenvalue weighted by atomic mass is 9.89. The Morgan fingerprint density at radius 3 is 2.00 bits per heavy atom. The van der Waals surface area contributed by atoms with Crippen molar-refractivity contribution in [2.45, 2.75) is 40.0 Å². The van der Waals surface area contributed by atoms with E-state index in [0.29, 0.717) is 11.8 Å². The van der Waals surface area contributed by atoms with E-state index in [4.69, 9.17) is 5.26 Å². The molecule has 0 saturated carbocycles. The van der Waals surface area contributed by atoms with Crippen LogP contribution in [0.1, 0.15) is 44.7 Å². The Balaban J connectivity index is 2.82. The number of hydrogen-bond donors (Lipinski definition) is 0. The Labute approximate surface area is 99.1 Å². The van der Waals surface area contributed by atoms with Crippen LogP contribution in [0, 0.1) is 23.2 Å². The van der Waals surface area contributed by atoms with Crippen LogP contribution in [-0.4, -0.2) is 0 Å². The highest BCUT2D eigenvalue weighted by atomic mass is 14.3. The summed E-state index contributed by atoms with van der Waals surface area (Å²) in [6.45, 7) is 8.63. The highest BCUT2D eigenvalue weighted by Gasteiger charge is 2.14. The molecular weight excluding hydrogens is 194 g/mol. The van der Waals surface area contributed by atoms with Crippen molar-refractivity contribution >= 4 is 0 Å². The van der Waals surface area contributed by atoms with Crippen LogP contribution in [0.5, 0.6) is 0 Å². The molecule has 1 aromatic rings. The topological polar surface area (TPSA) is 23.8 Å². The molecule has 0 heterocycles. The Bertz CT molecular complexity index is 354. The standard InChI is InChI=1S/C15H21N/c1-11(2)9-13-5-7-14(8-6-13)15(10-16)12(3)4/h5-8,11-12,15H,9H2,1-4H3. The van der Waals surface area contributed by atoms with Gasteiger partial charge in [-0.1, -0.05) is 52.0 Å². The molecule has 0 radical (unpaired) electrons. The van der Waals surface area contributed by atoms with E-state index in [9.17, 15) is 0 Å². The zero-order valence-corrected chi connectivity index (χ0v) is 10.7. The summed E-state index contributed by atoms with van der Waals surface area (Å²) < 4.78 is 0. The van der Waals surface area contributed by atoms with Gasteiger partial charge in [-0.3, -0.25) is 0 Å². The van der Waals surface area contributed by atoms with E-state index in [1.165, 1.54) is 5.56 Å². The highest BCUT2D eigenvalue weighted by molar-refractivity contribution is 5.29. The van der Waals surface area contributed by atoms with Crippen molar-refractivity contribution < 1.29 is 0 Å². The number of benzene rings is 1. The third kappa shape index (κ3) is 3.38. The molecule has 0 saturated heterocycles. The molecular formula is C15H21N. The van der Waals surface area contributed by atoms with Crippen molar-refractivity contribution in [1.29, 1.82) is 5.26 Å². The van der Waals surface area contributed by atoms with E-state index in [0.717, 1.165) is 12.0 Å². The van der Waals surface area contributed by atoms with Crippen LogP contribution in [0.15, 0.2) is 24.3 Å². The molecule has 1 nitrogen and oxygen atoms in total. The molecule has 0 aliphatic heterocycles. The van der Waals surface area contributed by atoms with Gasteiger partial charge >= 0.3 is 0 Å². The molecule has 0 bridgehead atoms. The van der Waals surface area contributed by atoms with E-state index < -0.39 is 0 Å². The largest absolute Gasteiger partial charge is 0.198 e. The van der Waals surface area contributed by atoms with Crippen molar-refractivity contribution in [3.05, 3.63) is 35.4 Å². The summed E-state index contributed by atoms with van der Waals surface area (Å²) in [5.74, 6) is 1.08. The summed E-state index contributed by atoms with van der Waals surface area (Å²) in [5.41, 5.74) is 2.50. The molecule has 0 aliphatic carbocycles. The molecule has 86 valence electrons. The molecule has 16 heavy (non-hydrogen) atoms.